The quantitative estimate of drug-likeness (QED) is 0.133. The summed E-state index contributed by atoms with van der Waals surface area (Å²) in [6.45, 7) is 0. The summed E-state index contributed by atoms with van der Waals surface area (Å²) >= 11 is 0.194. The Hall–Kier alpha value is -5.93. The van der Waals surface area contributed by atoms with Gasteiger partial charge < -0.3 is 0 Å². The molecule has 10 rings (SSSR count). The number of anilines is 3. The Kier molecular flexibility index (Phi) is 6.51. The number of oxazole rings is 1. The third-order valence-corrected chi connectivity index (χ3v) is 12.0. The smallest absolute Gasteiger partial charge is 0.0615 e. The van der Waals surface area contributed by atoms with Gasteiger partial charge in [-0.3, -0.25) is 0 Å². The zero-order valence-electron chi connectivity index (χ0n) is 26.4. The number of hydrogen-bond acceptors (Lipinski definition) is 3. The Morgan fingerprint density at radius 1 is 0.510 bits per heavy atom. The first kappa shape index (κ1) is 28.1. The number of nitrogens with zero attached hydrogens (tertiary/aromatic N) is 2. The van der Waals surface area contributed by atoms with Gasteiger partial charge in [0.1, 0.15) is 0 Å². The molecular formula is C45H28N2OSe. The van der Waals surface area contributed by atoms with Crippen molar-refractivity contribution in [2.45, 2.75) is 0 Å². The van der Waals surface area contributed by atoms with Crippen LogP contribution in [0.1, 0.15) is 0 Å². The number of fused-ring (bicyclic) bond motifs is 8. The molecule has 0 aliphatic heterocycles. The second-order valence-corrected chi connectivity index (χ2v) is 14.5. The van der Waals surface area contributed by atoms with Crippen molar-refractivity contribution in [1.29, 1.82) is 0 Å². The minimum Gasteiger partial charge on any atom is -0.0615 e. The van der Waals surface area contributed by atoms with Crippen LogP contribution < -0.4 is 4.90 Å². The van der Waals surface area contributed by atoms with E-state index in [0.29, 0.717) is 5.89 Å². The number of benzene rings is 8. The Balaban J connectivity index is 1.29. The van der Waals surface area contributed by atoms with E-state index in [1.54, 1.807) is 0 Å². The van der Waals surface area contributed by atoms with Crippen molar-refractivity contribution in [2.75, 3.05) is 4.90 Å². The minimum atomic E-state index is 0.194. The second-order valence-electron chi connectivity index (χ2n) is 12.3. The van der Waals surface area contributed by atoms with Crippen molar-refractivity contribution in [3.05, 3.63) is 170 Å². The molecule has 2 heterocycles. The molecule has 230 valence electrons. The molecule has 0 bridgehead atoms. The van der Waals surface area contributed by atoms with Gasteiger partial charge in [-0.2, -0.15) is 0 Å². The van der Waals surface area contributed by atoms with Crippen LogP contribution in [0.15, 0.2) is 174 Å². The molecule has 0 aliphatic carbocycles. The summed E-state index contributed by atoms with van der Waals surface area (Å²) in [5.41, 5.74) is 8.46. The summed E-state index contributed by atoms with van der Waals surface area (Å²) in [4.78, 5) is 7.39. The number of aromatic nitrogens is 1. The molecule has 0 saturated heterocycles. The molecule has 2 aromatic heterocycles. The summed E-state index contributed by atoms with van der Waals surface area (Å²) in [5, 5.41) is 7.20. The van der Waals surface area contributed by atoms with Crippen LogP contribution >= 0.6 is 0 Å². The fraction of sp³-hybridized carbons (Fsp3) is 0. The SMILES string of the molecule is c1ccc(-c2nc3ccc4cc(-c5ccccc5)c5ccc(N(c6ccccc6)c6cccc7c6[se]c6ccccc67)cc5c4c3o2)cc1. The molecule has 0 atom stereocenters. The van der Waals surface area contributed by atoms with Gasteiger partial charge in [0.25, 0.3) is 0 Å². The summed E-state index contributed by atoms with van der Waals surface area (Å²) < 4.78 is 9.51. The fourth-order valence-corrected chi connectivity index (χ4v) is 9.76. The summed E-state index contributed by atoms with van der Waals surface area (Å²) in [7, 11) is 0. The first-order chi connectivity index (χ1) is 24.3. The van der Waals surface area contributed by atoms with E-state index in [1.807, 2.05) is 30.3 Å². The maximum absolute atomic E-state index is 6.66. The van der Waals surface area contributed by atoms with Crippen LogP contribution in [0.3, 0.4) is 0 Å². The predicted molar refractivity (Wildman–Crippen MR) is 207 cm³/mol. The van der Waals surface area contributed by atoms with Gasteiger partial charge in [0.15, 0.2) is 0 Å². The standard InChI is InChI=1S/C45H28N2OSe/c1-4-13-29(14-5-1)37-27-31-23-26-39-43(48-45(46-39)30-15-6-2-7-16-30)42(31)38-28-33(24-25-34(37)38)47(32-17-8-3-9-18-32)40-21-12-20-36-35-19-10-11-22-41(35)49-44(36)40/h1-28H. The molecule has 0 spiro atoms. The molecule has 0 amide bonds. The van der Waals surface area contributed by atoms with Crippen molar-refractivity contribution in [3.63, 3.8) is 0 Å². The van der Waals surface area contributed by atoms with Crippen molar-refractivity contribution in [1.82, 2.24) is 4.98 Å². The van der Waals surface area contributed by atoms with E-state index in [1.165, 1.54) is 41.5 Å². The maximum atomic E-state index is 6.66. The van der Waals surface area contributed by atoms with Gasteiger partial charge in [-0.25, -0.2) is 0 Å². The Morgan fingerprint density at radius 2 is 1.22 bits per heavy atom. The number of para-hydroxylation sites is 1. The first-order valence-electron chi connectivity index (χ1n) is 16.5. The van der Waals surface area contributed by atoms with Crippen molar-refractivity contribution < 1.29 is 4.42 Å². The van der Waals surface area contributed by atoms with Crippen molar-refractivity contribution >= 4 is 83.5 Å². The van der Waals surface area contributed by atoms with E-state index in [9.17, 15) is 0 Å². The first-order valence-corrected chi connectivity index (χ1v) is 18.2. The van der Waals surface area contributed by atoms with E-state index >= 15 is 0 Å². The minimum absolute atomic E-state index is 0.194. The zero-order chi connectivity index (χ0) is 32.3. The van der Waals surface area contributed by atoms with Crippen molar-refractivity contribution in [3.8, 4) is 22.6 Å². The summed E-state index contributed by atoms with van der Waals surface area (Å²) in [5.74, 6) is 0.632. The monoisotopic (exact) mass is 692 g/mol. The Bertz CT molecular complexity index is 2820. The van der Waals surface area contributed by atoms with E-state index < -0.39 is 0 Å². The van der Waals surface area contributed by atoms with Gasteiger partial charge in [-0.05, 0) is 0 Å². The van der Waals surface area contributed by atoms with E-state index in [2.05, 4.69) is 144 Å². The van der Waals surface area contributed by atoms with E-state index in [0.717, 1.165) is 44.2 Å². The molecular weight excluding hydrogens is 663 g/mol. The fourth-order valence-electron chi connectivity index (χ4n) is 7.22. The molecule has 0 N–H and O–H groups in total. The van der Waals surface area contributed by atoms with Gasteiger partial charge in [-0.15, -0.1) is 0 Å². The molecule has 10 aromatic rings. The average molecular weight is 692 g/mol. The molecule has 0 unspecified atom stereocenters. The summed E-state index contributed by atoms with van der Waals surface area (Å²) in [6.07, 6.45) is 0. The van der Waals surface area contributed by atoms with Gasteiger partial charge in [-0.1, -0.05) is 18.2 Å². The van der Waals surface area contributed by atoms with Gasteiger partial charge in [0.2, 0.25) is 0 Å². The molecule has 49 heavy (non-hydrogen) atoms. The second kappa shape index (κ2) is 11.3. The zero-order valence-corrected chi connectivity index (χ0v) is 28.1. The van der Waals surface area contributed by atoms with Crippen LogP contribution in [0.5, 0.6) is 0 Å². The molecule has 0 saturated carbocycles. The van der Waals surface area contributed by atoms with Gasteiger partial charge >= 0.3 is 272 Å². The topological polar surface area (TPSA) is 29.3 Å². The van der Waals surface area contributed by atoms with Crippen LogP contribution in [0.25, 0.3) is 74.5 Å². The van der Waals surface area contributed by atoms with E-state index in [-0.39, 0.29) is 14.5 Å². The third kappa shape index (κ3) is 4.61. The van der Waals surface area contributed by atoms with Crippen molar-refractivity contribution in [2.24, 2.45) is 0 Å². The normalized spacial score (nSPS) is 11.7. The predicted octanol–water partition coefficient (Wildman–Crippen LogP) is 12.3. The molecule has 8 aromatic carbocycles. The average Bonchev–Trinajstić information content (AvgIpc) is 3.78. The van der Waals surface area contributed by atoms with Crippen LogP contribution in [-0.4, -0.2) is 19.5 Å². The van der Waals surface area contributed by atoms with Crippen LogP contribution in [0.2, 0.25) is 0 Å². The molecule has 0 radical (unpaired) electrons. The molecule has 0 fully saturated rings. The van der Waals surface area contributed by atoms with Gasteiger partial charge in [0, 0.05) is 0 Å². The molecule has 0 aliphatic rings. The molecule has 4 heteroatoms. The summed E-state index contributed by atoms with van der Waals surface area (Å²) in [6, 6.07) is 60.7. The third-order valence-electron chi connectivity index (χ3n) is 9.45. The van der Waals surface area contributed by atoms with Gasteiger partial charge in [0.05, 0.1) is 0 Å². The number of rotatable bonds is 5. The van der Waals surface area contributed by atoms with E-state index in [4.69, 9.17) is 9.40 Å². The van der Waals surface area contributed by atoms with Crippen LogP contribution in [-0.2, 0) is 0 Å². The Morgan fingerprint density at radius 3 is 2.04 bits per heavy atom. The Labute approximate surface area is 289 Å². The number of hydrogen-bond donors (Lipinski definition) is 0. The van der Waals surface area contributed by atoms with Crippen LogP contribution in [0.4, 0.5) is 17.1 Å². The molecule has 3 nitrogen and oxygen atoms in total. The van der Waals surface area contributed by atoms with Crippen LogP contribution in [0, 0.1) is 0 Å².